The highest BCUT2D eigenvalue weighted by Gasteiger charge is 2.48. The standard InChI is InChI=1S/C26H19FN2O6S/c1-34-16-8-9-17-20(12-16)36-26(28-17)29-22(14-5-10-18(30)19(11-14)35-2)21(24(32)25(29)33)23(31)13-3-6-15(27)7-4-13/h3-12,22,30-31H,1-2H3/b23-21+. The summed E-state index contributed by atoms with van der Waals surface area (Å²) in [5.41, 5.74) is 0.956. The van der Waals surface area contributed by atoms with E-state index in [4.69, 9.17) is 9.47 Å². The van der Waals surface area contributed by atoms with Crippen molar-refractivity contribution >= 4 is 44.1 Å². The number of nitrogens with zero attached hydrogens (tertiary/aromatic N) is 2. The van der Waals surface area contributed by atoms with Crippen molar-refractivity contribution in [3.63, 3.8) is 0 Å². The minimum Gasteiger partial charge on any atom is -0.507 e. The van der Waals surface area contributed by atoms with Crippen molar-refractivity contribution in [1.82, 2.24) is 4.98 Å². The molecular weight excluding hydrogens is 487 g/mol. The lowest BCUT2D eigenvalue weighted by Gasteiger charge is -2.23. The number of Topliss-reactive ketones (excluding diaryl/α,β-unsaturated/α-hetero) is 1. The van der Waals surface area contributed by atoms with Gasteiger partial charge in [0.2, 0.25) is 0 Å². The number of aromatic nitrogens is 1. The van der Waals surface area contributed by atoms with E-state index < -0.39 is 29.3 Å². The maximum absolute atomic E-state index is 13.5. The van der Waals surface area contributed by atoms with Gasteiger partial charge in [-0.15, -0.1) is 0 Å². The van der Waals surface area contributed by atoms with Gasteiger partial charge in [0.05, 0.1) is 36.1 Å². The topological polar surface area (TPSA) is 109 Å². The number of rotatable bonds is 5. The van der Waals surface area contributed by atoms with Crippen LogP contribution < -0.4 is 14.4 Å². The lowest BCUT2D eigenvalue weighted by molar-refractivity contribution is -0.132. The Morgan fingerprint density at radius 3 is 2.47 bits per heavy atom. The lowest BCUT2D eigenvalue weighted by Crippen LogP contribution is -2.29. The average Bonchev–Trinajstić information content (AvgIpc) is 3.42. The molecular formula is C26H19FN2O6S. The summed E-state index contributed by atoms with van der Waals surface area (Å²) in [5.74, 6) is -2.20. The van der Waals surface area contributed by atoms with E-state index in [1.54, 1.807) is 18.2 Å². The third-order valence-electron chi connectivity index (χ3n) is 5.87. The first-order valence-corrected chi connectivity index (χ1v) is 11.5. The van der Waals surface area contributed by atoms with Crippen LogP contribution in [0.5, 0.6) is 17.2 Å². The second kappa shape index (κ2) is 8.97. The fourth-order valence-corrected chi connectivity index (χ4v) is 5.12. The highest BCUT2D eigenvalue weighted by Crippen LogP contribution is 2.46. The predicted molar refractivity (Wildman–Crippen MR) is 132 cm³/mol. The molecule has 0 aliphatic carbocycles. The number of methoxy groups -OCH3 is 2. The Bertz CT molecular complexity index is 1550. The van der Waals surface area contributed by atoms with E-state index in [1.165, 1.54) is 60.8 Å². The van der Waals surface area contributed by atoms with E-state index in [0.29, 0.717) is 16.8 Å². The summed E-state index contributed by atoms with van der Waals surface area (Å²) in [6.45, 7) is 0. The number of fused-ring (bicyclic) bond motifs is 1. The van der Waals surface area contributed by atoms with E-state index in [2.05, 4.69) is 4.98 Å². The number of aromatic hydroxyl groups is 1. The van der Waals surface area contributed by atoms with Gasteiger partial charge in [0.1, 0.15) is 17.3 Å². The summed E-state index contributed by atoms with van der Waals surface area (Å²) in [6, 6.07) is 13.4. The number of ether oxygens (including phenoxy) is 2. The smallest absolute Gasteiger partial charge is 0.301 e. The monoisotopic (exact) mass is 506 g/mol. The molecule has 182 valence electrons. The number of thiazole rings is 1. The molecule has 1 saturated heterocycles. The van der Waals surface area contributed by atoms with E-state index in [-0.39, 0.29) is 27.8 Å². The second-order valence-corrected chi connectivity index (χ2v) is 8.95. The SMILES string of the molecule is COc1ccc2nc(N3C(=O)C(=O)/C(=C(/O)c4ccc(F)cc4)C3c3ccc(O)c(OC)c3)sc2c1. The number of benzene rings is 3. The van der Waals surface area contributed by atoms with E-state index >= 15 is 0 Å². The van der Waals surface area contributed by atoms with Crippen molar-refractivity contribution in [2.45, 2.75) is 6.04 Å². The minimum atomic E-state index is -1.09. The van der Waals surface area contributed by atoms with Crippen LogP contribution in [0.25, 0.3) is 16.0 Å². The number of aliphatic hydroxyl groups is 1. The van der Waals surface area contributed by atoms with Crippen LogP contribution in [0.3, 0.4) is 0 Å². The molecule has 1 aliphatic rings. The Labute approximate surface area is 208 Å². The third kappa shape index (κ3) is 3.81. The van der Waals surface area contributed by atoms with Gasteiger partial charge in [-0.2, -0.15) is 0 Å². The first-order valence-electron chi connectivity index (χ1n) is 10.7. The number of halogens is 1. The van der Waals surface area contributed by atoms with Crippen molar-refractivity contribution < 1.29 is 33.7 Å². The number of anilines is 1. The fourth-order valence-electron chi connectivity index (χ4n) is 4.10. The molecule has 1 amide bonds. The Hall–Kier alpha value is -4.44. The van der Waals surface area contributed by atoms with Gasteiger partial charge in [-0.25, -0.2) is 9.37 Å². The number of amides is 1. The van der Waals surface area contributed by atoms with Crippen molar-refractivity contribution in [2.24, 2.45) is 0 Å². The first kappa shape index (κ1) is 23.3. The molecule has 10 heteroatoms. The van der Waals surface area contributed by atoms with Crippen LogP contribution in [-0.2, 0) is 9.59 Å². The average molecular weight is 507 g/mol. The second-order valence-electron chi connectivity index (χ2n) is 7.94. The molecule has 36 heavy (non-hydrogen) atoms. The summed E-state index contributed by atoms with van der Waals surface area (Å²) in [6.07, 6.45) is 0. The van der Waals surface area contributed by atoms with Crippen molar-refractivity contribution in [3.05, 3.63) is 83.2 Å². The molecule has 2 N–H and O–H groups in total. The van der Waals surface area contributed by atoms with E-state index in [1.807, 2.05) is 0 Å². The Morgan fingerprint density at radius 1 is 1.03 bits per heavy atom. The maximum Gasteiger partial charge on any atom is 0.301 e. The quantitative estimate of drug-likeness (QED) is 0.228. The van der Waals surface area contributed by atoms with Crippen LogP contribution in [-0.4, -0.2) is 41.1 Å². The molecule has 1 aromatic heterocycles. The van der Waals surface area contributed by atoms with Crippen LogP contribution in [0.2, 0.25) is 0 Å². The summed E-state index contributed by atoms with van der Waals surface area (Å²) in [5, 5.41) is 21.5. The Balaban J connectivity index is 1.74. The van der Waals surface area contributed by atoms with Gasteiger partial charge in [0.15, 0.2) is 16.6 Å². The summed E-state index contributed by atoms with van der Waals surface area (Å²) < 4.78 is 24.7. The largest absolute Gasteiger partial charge is 0.507 e. The first-order chi connectivity index (χ1) is 17.3. The van der Waals surface area contributed by atoms with Gasteiger partial charge in [0.25, 0.3) is 5.78 Å². The minimum absolute atomic E-state index is 0.119. The Morgan fingerprint density at radius 2 is 1.78 bits per heavy atom. The zero-order valence-electron chi connectivity index (χ0n) is 19.1. The summed E-state index contributed by atoms with van der Waals surface area (Å²) in [4.78, 5) is 32.4. The zero-order chi connectivity index (χ0) is 25.6. The van der Waals surface area contributed by atoms with E-state index in [9.17, 15) is 24.2 Å². The molecule has 2 heterocycles. The molecule has 1 unspecified atom stereocenters. The molecule has 1 fully saturated rings. The number of phenols is 1. The van der Waals surface area contributed by atoms with Crippen LogP contribution in [0.1, 0.15) is 17.2 Å². The number of hydrogen-bond donors (Lipinski definition) is 2. The number of carbonyl (C=O) groups is 2. The van der Waals surface area contributed by atoms with Gasteiger partial charge in [-0.05, 0) is 60.2 Å². The maximum atomic E-state index is 13.5. The molecule has 0 bridgehead atoms. The van der Waals surface area contributed by atoms with Crippen molar-refractivity contribution in [2.75, 3.05) is 19.1 Å². The van der Waals surface area contributed by atoms with Crippen LogP contribution in [0.15, 0.2) is 66.2 Å². The number of phenolic OH excluding ortho intramolecular Hbond substituents is 1. The summed E-state index contributed by atoms with van der Waals surface area (Å²) >= 11 is 1.18. The lowest BCUT2D eigenvalue weighted by atomic mass is 9.95. The van der Waals surface area contributed by atoms with Gasteiger partial charge >= 0.3 is 5.91 Å². The fraction of sp³-hybridized carbons (Fsp3) is 0.115. The third-order valence-corrected chi connectivity index (χ3v) is 6.89. The van der Waals surface area contributed by atoms with E-state index in [0.717, 1.165) is 16.8 Å². The molecule has 0 saturated carbocycles. The number of carbonyl (C=O) groups excluding carboxylic acids is 2. The molecule has 3 aromatic carbocycles. The van der Waals surface area contributed by atoms with Crippen LogP contribution in [0, 0.1) is 5.82 Å². The summed E-state index contributed by atoms with van der Waals surface area (Å²) in [7, 11) is 2.91. The molecule has 1 aliphatic heterocycles. The van der Waals surface area contributed by atoms with Crippen LogP contribution >= 0.6 is 11.3 Å². The number of aliphatic hydroxyl groups excluding tert-OH is 1. The highest BCUT2D eigenvalue weighted by atomic mass is 32.1. The molecule has 5 rings (SSSR count). The normalized spacial score (nSPS) is 17.1. The molecule has 8 nitrogen and oxygen atoms in total. The van der Waals surface area contributed by atoms with Gasteiger partial charge in [-0.3, -0.25) is 14.5 Å². The number of ketones is 1. The zero-order valence-corrected chi connectivity index (χ0v) is 19.9. The highest BCUT2D eigenvalue weighted by molar-refractivity contribution is 7.22. The predicted octanol–water partition coefficient (Wildman–Crippen LogP) is 4.78. The molecule has 0 spiro atoms. The number of hydrogen-bond acceptors (Lipinski definition) is 8. The molecule has 4 aromatic rings. The molecule has 0 radical (unpaired) electrons. The van der Waals surface area contributed by atoms with Gasteiger partial charge in [0, 0.05) is 5.56 Å². The van der Waals surface area contributed by atoms with Crippen LogP contribution in [0.4, 0.5) is 9.52 Å². The van der Waals surface area contributed by atoms with Crippen molar-refractivity contribution in [3.8, 4) is 17.2 Å². The molecule has 1 atom stereocenters. The Kier molecular flexibility index (Phi) is 5.81. The van der Waals surface area contributed by atoms with Crippen molar-refractivity contribution in [1.29, 1.82) is 0 Å². The van der Waals surface area contributed by atoms with Gasteiger partial charge < -0.3 is 19.7 Å². The van der Waals surface area contributed by atoms with Gasteiger partial charge in [-0.1, -0.05) is 17.4 Å².